The summed E-state index contributed by atoms with van der Waals surface area (Å²) in [5.74, 6) is 0.568. The summed E-state index contributed by atoms with van der Waals surface area (Å²) in [7, 11) is -2.87. The molecule has 0 saturated carbocycles. The molecular weight excluding hydrogens is 216 g/mol. The lowest BCUT2D eigenvalue weighted by Crippen LogP contribution is -2.41. The minimum absolute atomic E-state index is 0.0270. The quantitative estimate of drug-likeness (QED) is 0.742. The van der Waals surface area contributed by atoms with Crippen LogP contribution < -0.4 is 0 Å². The van der Waals surface area contributed by atoms with Gasteiger partial charge in [-0.15, -0.1) is 0 Å². The van der Waals surface area contributed by atoms with Gasteiger partial charge in [-0.2, -0.15) is 0 Å². The Kier molecular flexibility index (Phi) is 2.81. The fraction of sp³-hybridized carbons (Fsp3) is 1.00. The van der Waals surface area contributed by atoms with E-state index >= 15 is 0 Å². The highest BCUT2D eigenvalue weighted by molar-refractivity contribution is 7.91. The van der Waals surface area contributed by atoms with Crippen LogP contribution in [0.1, 0.15) is 19.8 Å². The molecule has 2 rings (SSSR count). The number of hydrogen-bond acceptors (Lipinski definition) is 4. The summed E-state index contributed by atoms with van der Waals surface area (Å²) in [6.07, 6.45) is 1.43. The largest absolute Gasteiger partial charge is 0.396 e. The first-order valence-electron chi connectivity index (χ1n) is 5.43. The van der Waals surface area contributed by atoms with Crippen molar-refractivity contribution in [2.75, 3.05) is 24.7 Å². The Hall–Kier alpha value is -0.130. The second kappa shape index (κ2) is 3.71. The average molecular weight is 234 g/mol. The van der Waals surface area contributed by atoms with Crippen LogP contribution in [0.3, 0.4) is 0 Å². The third-order valence-electron chi connectivity index (χ3n) is 4.08. The Morgan fingerprint density at radius 3 is 2.67 bits per heavy atom. The predicted molar refractivity (Wildman–Crippen MR) is 56.3 cm³/mol. The molecule has 2 aliphatic rings. The number of aliphatic hydroxyl groups excluding tert-OH is 1. The van der Waals surface area contributed by atoms with Crippen molar-refractivity contribution in [2.24, 2.45) is 11.3 Å². The molecule has 2 aliphatic heterocycles. The van der Waals surface area contributed by atoms with Crippen LogP contribution in [0.25, 0.3) is 0 Å². The van der Waals surface area contributed by atoms with Gasteiger partial charge in [0.1, 0.15) is 0 Å². The van der Waals surface area contributed by atoms with E-state index in [0.717, 1.165) is 6.42 Å². The molecule has 5 heteroatoms. The molecule has 0 aromatic heterocycles. The summed E-state index contributed by atoms with van der Waals surface area (Å²) in [5, 5.41) is 9.54. The molecule has 0 radical (unpaired) electrons. The first-order valence-corrected chi connectivity index (χ1v) is 7.25. The lowest BCUT2D eigenvalue weighted by atomic mass is 9.71. The number of hydrogen-bond donors (Lipinski definition) is 1. The summed E-state index contributed by atoms with van der Waals surface area (Å²) in [5.41, 5.74) is -0.316. The average Bonchev–Trinajstić information content (AvgIpc) is 2.70. The van der Waals surface area contributed by atoms with Crippen molar-refractivity contribution in [3.05, 3.63) is 0 Å². The fourth-order valence-electron chi connectivity index (χ4n) is 2.92. The van der Waals surface area contributed by atoms with Crippen LogP contribution in [0.4, 0.5) is 0 Å². The third kappa shape index (κ3) is 1.81. The zero-order valence-electron chi connectivity index (χ0n) is 8.98. The third-order valence-corrected chi connectivity index (χ3v) is 5.85. The van der Waals surface area contributed by atoms with Gasteiger partial charge in [-0.25, -0.2) is 8.42 Å². The highest BCUT2D eigenvalue weighted by Gasteiger charge is 2.50. The maximum absolute atomic E-state index is 11.4. The van der Waals surface area contributed by atoms with E-state index in [-0.39, 0.29) is 35.5 Å². The molecule has 0 amide bonds. The second-order valence-corrected chi connectivity index (χ2v) is 6.98. The molecular formula is C10H18O4S. The topological polar surface area (TPSA) is 63.6 Å². The van der Waals surface area contributed by atoms with Crippen LogP contribution in [0.15, 0.2) is 0 Å². The van der Waals surface area contributed by atoms with E-state index in [9.17, 15) is 13.5 Å². The molecule has 2 saturated heterocycles. The predicted octanol–water partition coefficient (Wildman–Crippen LogP) is 0.209. The van der Waals surface area contributed by atoms with Gasteiger partial charge < -0.3 is 9.84 Å². The van der Waals surface area contributed by atoms with Gasteiger partial charge in [-0.05, 0) is 25.7 Å². The van der Waals surface area contributed by atoms with Crippen LogP contribution >= 0.6 is 0 Å². The molecule has 0 aromatic rings. The summed E-state index contributed by atoms with van der Waals surface area (Å²) in [6, 6.07) is 0. The molecule has 1 N–H and O–H groups in total. The highest BCUT2D eigenvalue weighted by atomic mass is 32.2. The maximum atomic E-state index is 11.4. The van der Waals surface area contributed by atoms with Crippen LogP contribution in [-0.4, -0.2) is 44.3 Å². The van der Waals surface area contributed by atoms with E-state index in [4.69, 9.17) is 4.74 Å². The molecule has 88 valence electrons. The van der Waals surface area contributed by atoms with Gasteiger partial charge in [-0.3, -0.25) is 0 Å². The minimum atomic E-state index is -2.87. The van der Waals surface area contributed by atoms with Gasteiger partial charge >= 0.3 is 0 Å². The zero-order valence-corrected chi connectivity index (χ0v) is 9.79. The SMILES string of the molecule is CC1OCCC1(CO)C1CCS(=O)(=O)C1. The van der Waals surface area contributed by atoms with Crippen molar-refractivity contribution in [2.45, 2.75) is 25.9 Å². The molecule has 0 aromatic carbocycles. The van der Waals surface area contributed by atoms with Crippen molar-refractivity contribution in [1.29, 1.82) is 0 Å². The summed E-state index contributed by atoms with van der Waals surface area (Å²) < 4.78 is 28.4. The van der Waals surface area contributed by atoms with E-state index in [1.54, 1.807) is 0 Å². The summed E-state index contributed by atoms with van der Waals surface area (Å²) in [4.78, 5) is 0. The fourth-order valence-corrected chi connectivity index (χ4v) is 4.84. The van der Waals surface area contributed by atoms with Crippen molar-refractivity contribution in [3.8, 4) is 0 Å². The number of sulfone groups is 1. The molecule has 3 atom stereocenters. The summed E-state index contributed by atoms with van der Waals surface area (Å²) in [6.45, 7) is 2.61. The molecule has 0 aliphatic carbocycles. The van der Waals surface area contributed by atoms with Crippen LogP contribution in [-0.2, 0) is 14.6 Å². The molecule has 3 unspecified atom stereocenters. The first kappa shape index (κ1) is 11.4. The number of aliphatic hydroxyl groups is 1. The van der Waals surface area contributed by atoms with Gasteiger partial charge in [-0.1, -0.05) is 0 Å². The Morgan fingerprint density at radius 2 is 2.27 bits per heavy atom. The Labute approximate surface area is 90.5 Å². The van der Waals surface area contributed by atoms with Crippen molar-refractivity contribution >= 4 is 9.84 Å². The molecule has 4 nitrogen and oxygen atoms in total. The highest BCUT2D eigenvalue weighted by Crippen LogP contribution is 2.45. The molecule has 0 spiro atoms. The minimum Gasteiger partial charge on any atom is -0.396 e. The van der Waals surface area contributed by atoms with E-state index in [1.165, 1.54) is 0 Å². The smallest absolute Gasteiger partial charge is 0.150 e. The lowest BCUT2D eigenvalue weighted by Gasteiger charge is -2.35. The van der Waals surface area contributed by atoms with E-state index in [2.05, 4.69) is 0 Å². The van der Waals surface area contributed by atoms with Crippen molar-refractivity contribution in [3.63, 3.8) is 0 Å². The van der Waals surface area contributed by atoms with Gasteiger partial charge in [0.15, 0.2) is 9.84 Å². The zero-order chi connectivity index (χ0) is 11.1. The van der Waals surface area contributed by atoms with E-state index in [1.807, 2.05) is 6.92 Å². The van der Waals surface area contributed by atoms with Crippen LogP contribution in [0.2, 0.25) is 0 Å². The van der Waals surface area contributed by atoms with Crippen molar-refractivity contribution in [1.82, 2.24) is 0 Å². The standard InChI is InChI=1S/C10H18O4S/c1-8-10(7-11,3-4-14-8)9-2-5-15(12,13)6-9/h8-9,11H,2-7H2,1H3. The Morgan fingerprint density at radius 1 is 1.53 bits per heavy atom. The van der Waals surface area contributed by atoms with Gasteiger partial charge in [0.05, 0.1) is 24.2 Å². The second-order valence-electron chi connectivity index (χ2n) is 4.75. The van der Waals surface area contributed by atoms with Gasteiger partial charge in [0.2, 0.25) is 0 Å². The summed E-state index contributed by atoms with van der Waals surface area (Å²) >= 11 is 0. The van der Waals surface area contributed by atoms with E-state index < -0.39 is 9.84 Å². The molecule has 0 bridgehead atoms. The first-order chi connectivity index (χ1) is 7.00. The Balaban J connectivity index is 2.21. The molecule has 2 fully saturated rings. The Bertz CT molecular complexity index is 337. The number of rotatable bonds is 2. The normalized spacial score (nSPS) is 44.7. The van der Waals surface area contributed by atoms with Crippen LogP contribution in [0, 0.1) is 11.3 Å². The molecule has 15 heavy (non-hydrogen) atoms. The van der Waals surface area contributed by atoms with Gasteiger partial charge in [0, 0.05) is 12.0 Å². The maximum Gasteiger partial charge on any atom is 0.150 e. The monoisotopic (exact) mass is 234 g/mol. The number of ether oxygens (including phenoxy) is 1. The lowest BCUT2D eigenvalue weighted by molar-refractivity contribution is -0.00503. The van der Waals surface area contributed by atoms with Crippen molar-refractivity contribution < 1.29 is 18.3 Å². The molecule has 2 heterocycles. The van der Waals surface area contributed by atoms with Crippen LogP contribution in [0.5, 0.6) is 0 Å². The van der Waals surface area contributed by atoms with E-state index in [0.29, 0.717) is 13.0 Å². The van der Waals surface area contributed by atoms with Gasteiger partial charge in [0.25, 0.3) is 0 Å².